The van der Waals surface area contributed by atoms with E-state index < -0.39 is 0 Å². The van der Waals surface area contributed by atoms with E-state index in [9.17, 15) is 4.79 Å². The SMILES string of the molecule is O=C(/C=C/c1cc(Cl)c2c(c1)OCCO2)NC1CCN(C2CC2)CC1. The van der Waals surface area contributed by atoms with E-state index in [1.165, 1.54) is 12.8 Å². The molecule has 1 aliphatic carbocycles. The second-order valence-electron chi connectivity index (χ2n) is 6.91. The van der Waals surface area contributed by atoms with Crippen LogP contribution in [0.25, 0.3) is 6.08 Å². The number of benzene rings is 1. The molecule has 3 aliphatic rings. The summed E-state index contributed by atoms with van der Waals surface area (Å²) in [4.78, 5) is 14.7. The first kappa shape index (κ1) is 16.7. The minimum Gasteiger partial charge on any atom is -0.486 e. The van der Waals surface area contributed by atoms with Crippen molar-refractivity contribution in [2.45, 2.75) is 37.8 Å². The van der Waals surface area contributed by atoms with Gasteiger partial charge in [0.2, 0.25) is 5.91 Å². The first-order chi connectivity index (χ1) is 12.2. The van der Waals surface area contributed by atoms with Gasteiger partial charge in [0.15, 0.2) is 11.5 Å². The average Bonchev–Trinajstić information content (AvgIpc) is 3.46. The zero-order chi connectivity index (χ0) is 17.2. The molecule has 1 N–H and O–H groups in total. The molecule has 4 rings (SSSR count). The Bertz CT molecular complexity index is 679. The molecule has 0 atom stereocenters. The van der Waals surface area contributed by atoms with Crippen LogP contribution in [0.1, 0.15) is 31.2 Å². The number of ether oxygens (including phenoxy) is 2. The van der Waals surface area contributed by atoms with Crippen LogP contribution in [0.2, 0.25) is 5.02 Å². The maximum absolute atomic E-state index is 12.2. The molecule has 25 heavy (non-hydrogen) atoms. The van der Waals surface area contributed by atoms with Crippen LogP contribution in [0.5, 0.6) is 11.5 Å². The molecule has 5 nitrogen and oxygen atoms in total. The number of nitrogens with one attached hydrogen (secondary N) is 1. The molecule has 1 saturated heterocycles. The van der Waals surface area contributed by atoms with E-state index in [0.29, 0.717) is 29.7 Å². The van der Waals surface area contributed by atoms with Gasteiger partial charge in [0.25, 0.3) is 0 Å². The zero-order valence-electron chi connectivity index (χ0n) is 14.2. The highest BCUT2D eigenvalue weighted by Crippen LogP contribution is 2.38. The largest absolute Gasteiger partial charge is 0.486 e. The summed E-state index contributed by atoms with van der Waals surface area (Å²) in [7, 11) is 0. The number of amides is 1. The minimum atomic E-state index is -0.0594. The predicted octanol–water partition coefficient (Wildman–Crippen LogP) is 2.87. The molecule has 1 aromatic carbocycles. The summed E-state index contributed by atoms with van der Waals surface area (Å²) >= 11 is 6.22. The molecule has 0 bridgehead atoms. The molecule has 134 valence electrons. The van der Waals surface area contributed by atoms with Gasteiger partial charge in [0.1, 0.15) is 13.2 Å². The highest BCUT2D eigenvalue weighted by atomic mass is 35.5. The highest BCUT2D eigenvalue weighted by Gasteiger charge is 2.31. The number of halogens is 1. The molecule has 0 unspecified atom stereocenters. The van der Waals surface area contributed by atoms with Gasteiger partial charge in [-0.05, 0) is 49.5 Å². The second-order valence-corrected chi connectivity index (χ2v) is 7.32. The Morgan fingerprint density at radius 1 is 1.16 bits per heavy atom. The van der Waals surface area contributed by atoms with Crippen LogP contribution in [0.15, 0.2) is 18.2 Å². The van der Waals surface area contributed by atoms with E-state index in [2.05, 4.69) is 10.2 Å². The number of hydrogen-bond donors (Lipinski definition) is 1. The molecule has 0 spiro atoms. The van der Waals surface area contributed by atoms with Gasteiger partial charge in [-0.25, -0.2) is 0 Å². The number of piperidine rings is 1. The first-order valence-corrected chi connectivity index (χ1v) is 9.38. The van der Waals surface area contributed by atoms with Gasteiger partial charge in [-0.1, -0.05) is 11.6 Å². The normalized spacial score (nSPS) is 21.5. The fourth-order valence-corrected chi connectivity index (χ4v) is 3.77. The van der Waals surface area contributed by atoms with E-state index in [-0.39, 0.29) is 11.9 Å². The molecule has 1 saturated carbocycles. The highest BCUT2D eigenvalue weighted by molar-refractivity contribution is 6.32. The summed E-state index contributed by atoms with van der Waals surface area (Å²) in [6.07, 6.45) is 8.08. The van der Waals surface area contributed by atoms with Crippen molar-refractivity contribution < 1.29 is 14.3 Å². The van der Waals surface area contributed by atoms with Crippen molar-refractivity contribution in [3.8, 4) is 11.5 Å². The van der Waals surface area contributed by atoms with Gasteiger partial charge < -0.3 is 19.7 Å². The van der Waals surface area contributed by atoms with Gasteiger partial charge in [0.05, 0.1) is 5.02 Å². The molecular formula is C19H23ClN2O3. The smallest absolute Gasteiger partial charge is 0.244 e. The Hall–Kier alpha value is -1.72. The number of rotatable bonds is 4. The molecule has 2 fully saturated rings. The predicted molar refractivity (Wildman–Crippen MR) is 97.2 cm³/mol. The fourth-order valence-electron chi connectivity index (χ4n) is 3.50. The number of fused-ring (bicyclic) bond motifs is 1. The third kappa shape index (κ3) is 4.10. The summed E-state index contributed by atoms with van der Waals surface area (Å²) in [5.74, 6) is 1.15. The Kier molecular flexibility index (Phi) is 4.86. The van der Waals surface area contributed by atoms with E-state index in [1.54, 1.807) is 18.2 Å². The fraction of sp³-hybridized carbons (Fsp3) is 0.526. The quantitative estimate of drug-likeness (QED) is 0.837. The van der Waals surface area contributed by atoms with Crippen LogP contribution < -0.4 is 14.8 Å². The van der Waals surface area contributed by atoms with Crippen molar-refractivity contribution >= 4 is 23.6 Å². The Morgan fingerprint density at radius 2 is 1.92 bits per heavy atom. The van der Waals surface area contributed by atoms with Crippen molar-refractivity contribution in [2.75, 3.05) is 26.3 Å². The second kappa shape index (κ2) is 7.26. The van der Waals surface area contributed by atoms with Crippen molar-refractivity contribution in [3.05, 3.63) is 28.8 Å². The van der Waals surface area contributed by atoms with Gasteiger partial charge in [-0.15, -0.1) is 0 Å². The monoisotopic (exact) mass is 362 g/mol. The van der Waals surface area contributed by atoms with Crippen LogP contribution >= 0.6 is 11.6 Å². The lowest BCUT2D eigenvalue weighted by atomic mass is 10.0. The van der Waals surface area contributed by atoms with E-state index in [0.717, 1.165) is 37.5 Å². The molecule has 2 aliphatic heterocycles. The van der Waals surface area contributed by atoms with Crippen LogP contribution in [0, 0.1) is 0 Å². The molecule has 1 aromatic rings. The lowest BCUT2D eigenvalue weighted by Gasteiger charge is -2.32. The lowest BCUT2D eigenvalue weighted by Crippen LogP contribution is -2.44. The van der Waals surface area contributed by atoms with Crippen LogP contribution in [-0.4, -0.2) is 49.2 Å². The standard InChI is InChI=1S/C19H23ClN2O3/c20-16-11-13(12-17-19(16)25-10-9-24-17)1-4-18(23)21-14-5-7-22(8-6-14)15-2-3-15/h1,4,11-12,14-15H,2-3,5-10H2,(H,21,23)/b4-1+. The number of hydrogen-bond acceptors (Lipinski definition) is 4. The molecule has 2 heterocycles. The zero-order valence-corrected chi connectivity index (χ0v) is 14.9. The number of carbonyl (C=O) groups excluding carboxylic acids is 1. The van der Waals surface area contributed by atoms with E-state index >= 15 is 0 Å². The topological polar surface area (TPSA) is 50.8 Å². The molecule has 1 amide bonds. The molecule has 0 aromatic heterocycles. The van der Waals surface area contributed by atoms with Crippen LogP contribution in [0.3, 0.4) is 0 Å². The molecule has 6 heteroatoms. The minimum absolute atomic E-state index is 0.0594. The molecule has 0 radical (unpaired) electrons. The summed E-state index contributed by atoms with van der Waals surface area (Å²) in [5, 5.41) is 3.61. The van der Waals surface area contributed by atoms with Gasteiger partial charge in [-0.2, -0.15) is 0 Å². The van der Waals surface area contributed by atoms with Crippen molar-refractivity contribution in [1.29, 1.82) is 0 Å². The Labute approximate surface area is 152 Å². The Balaban J connectivity index is 1.32. The van der Waals surface area contributed by atoms with Gasteiger partial charge in [0, 0.05) is 31.2 Å². The van der Waals surface area contributed by atoms with E-state index in [1.807, 2.05) is 6.07 Å². The number of likely N-dealkylation sites (tertiary alicyclic amines) is 1. The number of carbonyl (C=O) groups is 1. The average molecular weight is 363 g/mol. The van der Waals surface area contributed by atoms with Crippen molar-refractivity contribution in [2.24, 2.45) is 0 Å². The summed E-state index contributed by atoms with van der Waals surface area (Å²) in [5.41, 5.74) is 0.827. The summed E-state index contributed by atoms with van der Waals surface area (Å²) in [6, 6.07) is 4.72. The van der Waals surface area contributed by atoms with Gasteiger partial charge >= 0.3 is 0 Å². The third-order valence-corrected chi connectivity index (χ3v) is 5.27. The van der Waals surface area contributed by atoms with Crippen molar-refractivity contribution in [3.63, 3.8) is 0 Å². The van der Waals surface area contributed by atoms with Crippen LogP contribution in [0.4, 0.5) is 0 Å². The maximum atomic E-state index is 12.2. The number of nitrogens with zero attached hydrogens (tertiary/aromatic N) is 1. The van der Waals surface area contributed by atoms with Crippen LogP contribution in [-0.2, 0) is 4.79 Å². The lowest BCUT2D eigenvalue weighted by molar-refractivity contribution is -0.117. The maximum Gasteiger partial charge on any atom is 0.244 e. The Morgan fingerprint density at radius 3 is 2.68 bits per heavy atom. The molecular weight excluding hydrogens is 340 g/mol. The summed E-state index contributed by atoms with van der Waals surface area (Å²) < 4.78 is 11.1. The van der Waals surface area contributed by atoms with Gasteiger partial charge in [-0.3, -0.25) is 4.79 Å². The van der Waals surface area contributed by atoms with E-state index in [4.69, 9.17) is 21.1 Å². The summed E-state index contributed by atoms with van der Waals surface area (Å²) in [6.45, 7) is 3.20. The first-order valence-electron chi connectivity index (χ1n) is 9.01. The third-order valence-electron chi connectivity index (χ3n) is 4.99. The van der Waals surface area contributed by atoms with Crippen molar-refractivity contribution in [1.82, 2.24) is 10.2 Å².